The summed E-state index contributed by atoms with van der Waals surface area (Å²) in [7, 11) is -1.26. The number of rotatable bonds is 3. The van der Waals surface area contributed by atoms with E-state index >= 15 is 0 Å². The number of aromatic nitrogens is 1. The second kappa shape index (κ2) is 11.6. The molecule has 0 saturated heterocycles. The number of aliphatic hydroxyl groups excluding tert-OH is 1. The minimum atomic E-state index is -1.26. The molecule has 0 unspecified atom stereocenters. The Labute approximate surface area is 220 Å². The first-order chi connectivity index (χ1) is 15.1. The van der Waals surface area contributed by atoms with Gasteiger partial charge >= 0.3 is 0 Å². The monoisotopic (exact) mass is 653 g/mol. The third-order valence-corrected chi connectivity index (χ3v) is 7.43. The Hall–Kier alpha value is -2.07. The van der Waals surface area contributed by atoms with E-state index in [1.165, 1.54) is 22.0 Å². The maximum Gasteiger partial charge on any atom is 0.164 e. The van der Waals surface area contributed by atoms with Gasteiger partial charge in [-0.2, -0.15) is 0 Å². The summed E-state index contributed by atoms with van der Waals surface area (Å²) in [4.78, 5) is 16.0. The molecular weight excluding hydrogens is 615 g/mol. The Bertz CT molecular complexity index is 1130. The second-order valence-corrected chi connectivity index (χ2v) is 16.6. The molecule has 0 aliphatic heterocycles. The molecule has 2 aromatic carbocycles. The van der Waals surface area contributed by atoms with Gasteiger partial charge < -0.3 is 10.1 Å². The van der Waals surface area contributed by atoms with Gasteiger partial charge in [-0.25, -0.2) is 0 Å². The van der Waals surface area contributed by atoms with E-state index in [2.05, 4.69) is 79.2 Å². The van der Waals surface area contributed by atoms with Gasteiger partial charge in [-0.15, -0.1) is 35.0 Å². The number of hydrogen-bond acceptors (Lipinski definition) is 3. The molecule has 1 N–H and O–H groups in total. The number of allylic oxidation sites excluding steroid dienone is 2. The van der Waals surface area contributed by atoms with Crippen LogP contribution in [0.25, 0.3) is 22.0 Å². The first-order valence-electron chi connectivity index (χ1n) is 11.4. The van der Waals surface area contributed by atoms with Crippen LogP contribution in [0.5, 0.6) is 0 Å². The van der Waals surface area contributed by atoms with E-state index in [1.54, 1.807) is 0 Å². The van der Waals surface area contributed by atoms with Gasteiger partial charge in [0.15, 0.2) is 5.78 Å². The van der Waals surface area contributed by atoms with Crippen LogP contribution in [0, 0.1) is 16.9 Å². The quantitative estimate of drug-likeness (QED) is 0.140. The molecule has 0 aliphatic carbocycles. The zero-order valence-electron chi connectivity index (χ0n) is 21.9. The van der Waals surface area contributed by atoms with Crippen LogP contribution < -0.4 is 5.19 Å². The van der Waals surface area contributed by atoms with Crippen molar-refractivity contribution >= 4 is 29.8 Å². The molecule has 0 atom stereocenters. The molecule has 3 aromatic rings. The zero-order valence-corrected chi connectivity index (χ0v) is 25.3. The summed E-state index contributed by atoms with van der Waals surface area (Å²) in [6.07, 6.45) is 3.21. The fourth-order valence-electron chi connectivity index (χ4n) is 2.93. The van der Waals surface area contributed by atoms with Gasteiger partial charge in [0.1, 0.15) is 5.76 Å². The van der Waals surface area contributed by atoms with Gasteiger partial charge in [0.25, 0.3) is 0 Å². The molecule has 3 rings (SSSR count). The number of aliphatic hydroxyl groups is 1. The molecule has 185 valence electrons. The Kier molecular flexibility index (Phi) is 10.2. The maximum atomic E-state index is 11.5. The normalized spacial score (nSPS) is 12.4. The maximum absolute atomic E-state index is 11.5. The van der Waals surface area contributed by atoms with Crippen molar-refractivity contribution in [2.45, 2.75) is 61.2 Å². The molecule has 1 radical (unpaired) electrons. The van der Waals surface area contributed by atoms with Crippen LogP contribution in [0.2, 0.25) is 19.6 Å². The summed E-state index contributed by atoms with van der Waals surface area (Å²) in [6.45, 7) is 18.2. The van der Waals surface area contributed by atoms with Crippen molar-refractivity contribution in [1.29, 1.82) is 0 Å². The number of ketones is 1. The molecule has 0 amide bonds. The predicted octanol–water partition coefficient (Wildman–Crippen LogP) is 7.33. The van der Waals surface area contributed by atoms with Crippen molar-refractivity contribution in [3.05, 3.63) is 72.6 Å². The Morgan fingerprint density at radius 3 is 2.06 bits per heavy atom. The van der Waals surface area contributed by atoms with Crippen LogP contribution in [-0.2, 0) is 24.9 Å². The number of carbonyl (C=O) groups excluding carboxylic acids is 1. The molecule has 0 bridgehead atoms. The van der Waals surface area contributed by atoms with Crippen LogP contribution in [-0.4, -0.2) is 23.9 Å². The zero-order chi connectivity index (χ0) is 25.0. The van der Waals surface area contributed by atoms with Gasteiger partial charge in [-0.05, 0) is 22.5 Å². The number of carbonyl (C=O) groups is 1. The van der Waals surface area contributed by atoms with Crippen molar-refractivity contribution in [2.24, 2.45) is 10.8 Å². The van der Waals surface area contributed by atoms with Gasteiger partial charge in [0, 0.05) is 51.3 Å². The molecule has 0 saturated carbocycles. The van der Waals surface area contributed by atoms with Gasteiger partial charge in [-0.3, -0.25) is 4.79 Å². The second-order valence-electron chi connectivity index (χ2n) is 11.5. The number of pyridine rings is 1. The van der Waals surface area contributed by atoms with Crippen LogP contribution in [0.15, 0.2) is 66.6 Å². The molecule has 1 aromatic heterocycles. The van der Waals surface area contributed by atoms with Crippen molar-refractivity contribution < 1.29 is 30.0 Å². The third-order valence-electron chi connectivity index (χ3n) is 5.38. The molecule has 0 aliphatic rings. The minimum absolute atomic E-state index is 0. The summed E-state index contributed by atoms with van der Waals surface area (Å²) in [5.74, 6) is 0.104. The van der Waals surface area contributed by atoms with Gasteiger partial charge in [0.2, 0.25) is 0 Å². The summed E-state index contributed by atoms with van der Waals surface area (Å²) in [6, 6.07) is 20.4. The van der Waals surface area contributed by atoms with Gasteiger partial charge in [-0.1, -0.05) is 85.4 Å². The van der Waals surface area contributed by atoms with Gasteiger partial charge in [0.05, 0.1) is 0 Å². The van der Waals surface area contributed by atoms with Crippen molar-refractivity contribution in [3.8, 4) is 11.3 Å². The Morgan fingerprint density at radius 2 is 1.56 bits per heavy atom. The Balaban J connectivity index is 0.000000364. The summed E-state index contributed by atoms with van der Waals surface area (Å²) >= 11 is 0. The number of benzene rings is 2. The topological polar surface area (TPSA) is 50.2 Å². The average molecular weight is 653 g/mol. The van der Waals surface area contributed by atoms with Crippen molar-refractivity contribution in [2.75, 3.05) is 0 Å². The SMILES string of the molecule is CC(C)(C)C(=O)C=C(O)C(C)(C)C.C[Si](C)(C)c1c[c-]c(-c2nccc3ccccc23)cc1.[Ir]. The van der Waals surface area contributed by atoms with Crippen molar-refractivity contribution in [1.82, 2.24) is 4.98 Å². The van der Waals surface area contributed by atoms with Crippen LogP contribution >= 0.6 is 0 Å². The Morgan fingerprint density at radius 1 is 0.941 bits per heavy atom. The number of hydrogen-bond donors (Lipinski definition) is 1. The fourth-order valence-corrected chi connectivity index (χ4v) is 4.02. The van der Waals surface area contributed by atoms with E-state index in [4.69, 9.17) is 0 Å². The van der Waals surface area contributed by atoms with Crippen LogP contribution in [0.1, 0.15) is 41.5 Å². The molecular formula is C29H38IrNO2Si-. The smallest absolute Gasteiger partial charge is 0.164 e. The summed E-state index contributed by atoms with van der Waals surface area (Å²) in [5.41, 5.74) is 1.33. The molecule has 0 fully saturated rings. The largest absolute Gasteiger partial charge is 0.512 e. The van der Waals surface area contributed by atoms with E-state index in [-0.39, 0.29) is 37.1 Å². The standard InChI is InChI=1S/C18H18NSi.C11H20O2.Ir/c1-20(2,3)16-10-8-15(9-11-16)18-17-7-5-4-6-14(17)12-13-19-18;1-10(2,3)8(12)7-9(13)11(4,5)6;/h4-8,10-13H,1-3H3;7,12H,1-6H3;/q-1;;. The van der Waals surface area contributed by atoms with E-state index in [0.29, 0.717) is 0 Å². The molecule has 0 spiro atoms. The predicted molar refractivity (Wildman–Crippen MR) is 144 cm³/mol. The van der Waals surface area contributed by atoms with Crippen LogP contribution in [0.3, 0.4) is 0 Å². The van der Waals surface area contributed by atoms with E-state index in [1.807, 2.05) is 47.7 Å². The number of fused-ring (bicyclic) bond motifs is 1. The molecule has 34 heavy (non-hydrogen) atoms. The first kappa shape index (κ1) is 30.0. The fraction of sp³-hybridized carbons (Fsp3) is 0.379. The van der Waals surface area contributed by atoms with Crippen LogP contribution in [0.4, 0.5) is 0 Å². The molecule has 1 heterocycles. The molecule has 3 nitrogen and oxygen atoms in total. The summed E-state index contributed by atoms with van der Waals surface area (Å²) in [5, 5.41) is 13.4. The first-order valence-corrected chi connectivity index (χ1v) is 14.9. The van der Waals surface area contributed by atoms with Crippen molar-refractivity contribution in [3.63, 3.8) is 0 Å². The van der Waals surface area contributed by atoms with E-state index in [0.717, 1.165) is 11.3 Å². The van der Waals surface area contributed by atoms with E-state index in [9.17, 15) is 9.90 Å². The average Bonchev–Trinajstić information content (AvgIpc) is 2.72. The number of nitrogens with zero attached hydrogens (tertiary/aromatic N) is 1. The molecule has 5 heteroatoms. The summed E-state index contributed by atoms with van der Waals surface area (Å²) < 4.78 is 0. The van der Waals surface area contributed by atoms with E-state index < -0.39 is 13.5 Å². The minimum Gasteiger partial charge on any atom is -0.512 e. The third kappa shape index (κ3) is 8.30.